The highest BCUT2D eigenvalue weighted by atomic mass is 16.5. The van der Waals surface area contributed by atoms with Crippen molar-refractivity contribution < 1.29 is 14.3 Å². The minimum Gasteiger partial charge on any atom is -0.493 e. The van der Waals surface area contributed by atoms with Crippen LogP contribution in [-0.4, -0.2) is 29.7 Å². The molecule has 7 heteroatoms. The van der Waals surface area contributed by atoms with Gasteiger partial charge < -0.3 is 14.8 Å². The molecule has 7 nitrogen and oxygen atoms in total. The van der Waals surface area contributed by atoms with Gasteiger partial charge in [-0.05, 0) is 31.5 Å². The van der Waals surface area contributed by atoms with Crippen LogP contribution in [-0.2, 0) is 11.3 Å². The van der Waals surface area contributed by atoms with Gasteiger partial charge in [0.2, 0.25) is 5.91 Å². The molecule has 0 spiro atoms. The molecule has 0 unspecified atom stereocenters. The lowest BCUT2D eigenvalue weighted by Crippen LogP contribution is -2.22. The van der Waals surface area contributed by atoms with Crippen molar-refractivity contribution in [3.05, 3.63) is 58.6 Å². The maximum Gasteiger partial charge on any atom is 0.261 e. The SMILES string of the molecule is COc1cc2ncn(CCCC(=O)Nc3ccc(C)cc3)c(=O)c2cc1OC. The Bertz CT molecular complexity index is 1040. The molecular weight excluding hydrogens is 358 g/mol. The third-order valence-electron chi connectivity index (χ3n) is 4.47. The number of aromatic nitrogens is 2. The Balaban J connectivity index is 1.67. The zero-order valence-corrected chi connectivity index (χ0v) is 16.2. The second-order valence-corrected chi connectivity index (χ2v) is 6.49. The Morgan fingerprint density at radius 2 is 1.79 bits per heavy atom. The lowest BCUT2D eigenvalue weighted by molar-refractivity contribution is -0.116. The molecule has 0 aliphatic carbocycles. The summed E-state index contributed by atoms with van der Waals surface area (Å²) in [5, 5.41) is 3.30. The van der Waals surface area contributed by atoms with Gasteiger partial charge in [0.25, 0.3) is 5.56 Å². The van der Waals surface area contributed by atoms with E-state index in [2.05, 4.69) is 10.3 Å². The van der Waals surface area contributed by atoms with Crippen LogP contribution in [0.3, 0.4) is 0 Å². The zero-order valence-electron chi connectivity index (χ0n) is 16.2. The van der Waals surface area contributed by atoms with Crippen molar-refractivity contribution in [2.75, 3.05) is 19.5 Å². The minimum atomic E-state index is -0.176. The van der Waals surface area contributed by atoms with E-state index in [0.29, 0.717) is 41.8 Å². The molecule has 3 rings (SSSR count). The molecule has 0 saturated heterocycles. The Morgan fingerprint density at radius 1 is 1.11 bits per heavy atom. The van der Waals surface area contributed by atoms with E-state index in [1.165, 1.54) is 25.1 Å². The fourth-order valence-corrected chi connectivity index (χ4v) is 2.92. The van der Waals surface area contributed by atoms with E-state index in [4.69, 9.17) is 9.47 Å². The van der Waals surface area contributed by atoms with Crippen LogP contribution in [0.1, 0.15) is 18.4 Å². The van der Waals surface area contributed by atoms with E-state index >= 15 is 0 Å². The van der Waals surface area contributed by atoms with Gasteiger partial charge in [0.15, 0.2) is 11.5 Å². The summed E-state index contributed by atoms with van der Waals surface area (Å²) in [7, 11) is 3.05. The Hall–Kier alpha value is -3.35. The summed E-state index contributed by atoms with van der Waals surface area (Å²) in [4.78, 5) is 29.1. The Morgan fingerprint density at radius 3 is 2.46 bits per heavy atom. The molecule has 0 aliphatic heterocycles. The van der Waals surface area contributed by atoms with Crippen molar-refractivity contribution in [1.82, 2.24) is 9.55 Å². The molecule has 146 valence electrons. The van der Waals surface area contributed by atoms with Crippen LogP contribution in [0.15, 0.2) is 47.5 Å². The van der Waals surface area contributed by atoms with Gasteiger partial charge in [0.05, 0.1) is 31.4 Å². The number of anilines is 1. The van der Waals surface area contributed by atoms with E-state index in [0.717, 1.165) is 11.3 Å². The molecular formula is C21H23N3O4. The van der Waals surface area contributed by atoms with Crippen molar-refractivity contribution in [3.8, 4) is 11.5 Å². The number of hydrogen-bond donors (Lipinski definition) is 1. The Labute approximate surface area is 162 Å². The standard InChI is InChI=1S/C21H23N3O4/c1-14-6-8-15(9-7-14)23-20(25)5-4-10-24-13-22-17-12-19(28-3)18(27-2)11-16(17)21(24)26/h6-9,11-13H,4-5,10H2,1-3H3,(H,23,25). The number of amides is 1. The fourth-order valence-electron chi connectivity index (χ4n) is 2.92. The third-order valence-corrected chi connectivity index (χ3v) is 4.47. The molecule has 3 aromatic rings. The predicted octanol–water partition coefficient (Wildman–Crippen LogP) is 3.14. The van der Waals surface area contributed by atoms with Crippen molar-refractivity contribution >= 4 is 22.5 Å². The molecule has 0 atom stereocenters. The quantitative estimate of drug-likeness (QED) is 0.680. The highest BCUT2D eigenvalue weighted by Gasteiger charge is 2.11. The summed E-state index contributed by atoms with van der Waals surface area (Å²) in [6, 6.07) is 10.9. The Kier molecular flexibility index (Phi) is 5.93. The van der Waals surface area contributed by atoms with E-state index in [1.807, 2.05) is 31.2 Å². The number of benzene rings is 2. The van der Waals surface area contributed by atoms with Crippen molar-refractivity contribution in [1.29, 1.82) is 0 Å². The molecule has 0 bridgehead atoms. The van der Waals surface area contributed by atoms with Gasteiger partial charge >= 0.3 is 0 Å². The zero-order chi connectivity index (χ0) is 20.1. The lowest BCUT2D eigenvalue weighted by atomic mass is 10.2. The van der Waals surface area contributed by atoms with Crippen LogP contribution in [0.2, 0.25) is 0 Å². The van der Waals surface area contributed by atoms with Crippen LogP contribution >= 0.6 is 0 Å². The van der Waals surface area contributed by atoms with Crippen molar-refractivity contribution in [3.63, 3.8) is 0 Å². The molecule has 1 heterocycles. The first kappa shape index (κ1) is 19.4. The van der Waals surface area contributed by atoms with Gasteiger partial charge in [-0.15, -0.1) is 0 Å². The predicted molar refractivity (Wildman–Crippen MR) is 108 cm³/mol. The molecule has 1 N–H and O–H groups in total. The number of rotatable bonds is 7. The number of fused-ring (bicyclic) bond motifs is 1. The average molecular weight is 381 g/mol. The van der Waals surface area contributed by atoms with E-state index in [9.17, 15) is 9.59 Å². The lowest BCUT2D eigenvalue weighted by Gasteiger charge is -2.10. The second-order valence-electron chi connectivity index (χ2n) is 6.49. The van der Waals surface area contributed by atoms with E-state index < -0.39 is 0 Å². The first-order valence-electron chi connectivity index (χ1n) is 8.99. The number of ether oxygens (including phenoxy) is 2. The molecule has 0 radical (unpaired) electrons. The van der Waals surface area contributed by atoms with E-state index in [-0.39, 0.29) is 11.5 Å². The number of aryl methyl sites for hydroxylation is 2. The summed E-state index contributed by atoms with van der Waals surface area (Å²) in [5.74, 6) is 0.911. The first-order valence-corrected chi connectivity index (χ1v) is 8.99. The summed E-state index contributed by atoms with van der Waals surface area (Å²) in [5.41, 5.74) is 2.26. The number of nitrogens with zero attached hydrogens (tertiary/aromatic N) is 2. The topological polar surface area (TPSA) is 82.5 Å². The average Bonchev–Trinajstić information content (AvgIpc) is 2.70. The van der Waals surface area contributed by atoms with Gasteiger partial charge in [-0.1, -0.05) is 17.7 Å². The summed E-state index contributed by atoms with van der Waals surface area (Å²) in [6.07, 6.45) is 2.33. The van der Waals surface area contributed by atoms with Crippen LogP contribution in [0.5, 0.6) is 11.5 Å². The van der Waals surface area contributed by atoms with Gasteiger partial charge in [0, 0.05) is 24.7 Å². The van der Waals surface area contributed by atoms with Crippen LogP contribution in [0, 0.1) is 6.92 Å². The molecule has 0 saturated carbocycles. The largest absolute Gasteiger partial charge is 0.493 e. The number of carbonyl (C=O) groups excluding carboxylic acids is 1. The molecule has 1 aromatic heterocycles. The molecule has 28 heavy (non-hydrogen) atoms. The molecule has 0 aliphatic rings. The molecule has 1 amide bonds. The van der Waals surface area contributed by atoms with Gasteiger partial charge in [-0.25, -0.2) is 4.98 Å². The number of carbonyl (C=O) groups is 1. The number of nitrogens with one attached hydrogen (secondary N) is 1. The first-order chi connectivity index (χ1) is 13.5. The monoisotopic (exact) mass is 381 g/mol. The molecule has 0 fully saturated rings. The van der Waals surface area contributed by atoms with Gasteiger partial charge in [0.1, 0.15) is 0 Å². The highest BCUT2D eigenvalue weighted by Crippen LogP contribution is 2.29. The number of methoxy groups -OCH3 is 2. The normalized spacial score (nSPS) is 10.7. The van der Waals surface area contributed by atoms with Gasteiger partial charge in [-0.2, -0.15) is 0 Å². The number of hydrogen-bond acceptors (Lipinski definition) is 5. The molecule has 2 aromatic carbocycles. The van der Waals surface area contributed by atoms with Crippen molar-refractivity contribution in [2.45, 2.75) is 26.3 Å². The van der Waals surface area contributed by atoms with E-state index in [1.54, 1.807) is 12.1 Å². The summed E-state index contributed by atoms with van der Waals surface area (Å²) < 4.78 is 12.0. The highest BCUT2D eigenvalue weighted by molar-refractivity contribution is 5.90. The van der Waals surface area contributed by atoms with Crippen LogP contribution < -0.4 is 20.3 Å². The van der Waals surface area contributed by atoms with Crippen LogP contribution in [0.4, 0.5) is 5.69 Å². The maximum absolute atomic E-state index is 12.7. The fraction of sp³-hybridized carbons (Fsp3) is 0.286. The smallest absolute Gasteiger partial charge is 0.261 e. The summed E-state index contributed by atoms with van der Waals surface area (Å²) >= 11 is 0. The van der Waals surface area contributed by atoms with Gasteiger partial charge in [-0.3, -0.25) is 14.2 Å². The summed E-state index contributed by atoms with van der Waals surface area (Å²) in [6.45, 7) is 2.39. The maximum atomic E-state index is 12.7. The third kappa shape index (κ3) is 4.31. The van der Waals surface area contributed by atoms with Crippen molar-refractivity contribution in [2.24, 2.45) is 0 Å². The second kappa shape index (κ2) is 8.56. The van der Waals surface area contributed by atoms with Crippen LogP contribution in [0.25, 0.3) is 10.9 Å². The minimum absolute atomic E-state index is 0.0861.